The van der Waals surface area contributed by atoms with Crippen molar-refractivity contribution in [2.75, 3.05) is 6.54 Å². The Bertz CT molecular complexity index is 403. The monoisotopic (exact) mass is 204 g/mol. The number of carbonyl (C=O) groups excluding carboxylic acids is 1. The molecule has 78 valence electrons. The molecule has 1 fully saturated rings. The van der Waals surface area contributed by atoms with E-state index in [2.05, 4.69) is 22.2 Å². The number of aromatic nitrogens is 1. The minimum Gasteiger partial charge on any atom is -0.328 e. The summed E-state index contributed by atoms with van der Waals surface area (Å²) in [5, 5.41) is 5.34. The lowest BCUT2D eigenvalue weighted by Crippen LogP contribution is -2.46. The number of pyridine rings is 1. The third kappa shape index (κ3) is 1.37. The fourth-order valence-corrected chi connectivity index (χ4v) is 1.66. The van der Waals surface area contributed by atoms with Crippen molar-refractivity contribution in [2.24, 2.45) is 5.73 Å². The molecule has 1 atom stereocenters. The molecule has 1 aromatic heterocycles. The average Bonchev–Trinajstić information content (AvgIpc) is 2.56. The molecule has 0 spiro atoms. The number of amides is 2. The number of carbonyl (C=O) groups is 1. The summed E-state index contributed by atoms with van der Waals surface area (Å²) in [4.78, 5) is 15.4. The van der Waals surface area contributed by atoms with Gasteiger partial charge in [-0.25, -0.2) is 4.79 Å². The fourth-order valence-electron chi connectivity index (χ4n) is 1.66. The van der Waals surface area contributed by atoms with E-state index in [0.717, 1.165) is 0 Å². The maximum Gasteiger partial charge on any atom is 0.320 e. The molecule has 2 amide bonds. The molecule has 0 saturated carbocycles. The summed E-state index contributed by atoms with van der Waals surface area (Å²) < 4.78 is 0. The quantitative estimate of drug-likeness (QED) is 0.637. The van der Waals surface area contributed by atoms with E-state index in [4.69, 9.17) is 5.73 Å². The van der Waals surface area contributed by atoms with Gasteiger partial charge < -0.3 is 16.4 Å². The number of hydrogen-bond donors (Lipinski definition) is 3. The van der Waals surface area contributed by atoms with Gasteiger partial charge in [0.15, 0.2) is 0 Å². The van der Waals surface area contributed by atoms with Crippen molar-refractivity contribution < 1.29 is 4.79 Å². The van der Waals surface area contributed by atoms with Gasteiger partial charge in [0, 0.05) is 18.4 Å². The average molecular weight is 204 g/mol. The zero-order chi connectivity index (χ0) is 10.9. The maximum atomic E-state index is 11.2. The lowest BCUT2D eigenvalue weighted by Gasteiger charge is -2.26. The van der Waals surface area contributed by atoms with Crippen molar-refractivity contribution in [3.63, 3.8) is 0 Å². The van der Waals surface area contributed by atoms with Crippen molar-refractivity contribution >= 4 is 6.03 Å². The molecule has 5 nitrogen and oxygen atoms in total. The van der Waals surface area contributed by atoms with Crippen LogP contribution in [-0.2, 0) is 5.54 Å². The van der Waals surface area contributed by atoms with Crippen molar-refractivity contribution in [1.82, 2.24) is 15.6 Å². The van der Waals surface area contributed by atoms with Gasteiger partial charge in [0.05, 0.1) is 5.69 Å². The third-order valence-electron chi connectivity index (χ3n) is 2.51. The zero-order valence-corrected chi connectivity index (χ0v) is 8.16. The molecule has 2 heterocycles. The van der Waals surface area contributed by atoms with Crippen LogP contribution in [0.15, 0.2) is 36.7 Å². The van der Waals surface area contributed by atoms with E-state index < -0.39 is 5.54 Å². The first-order valence-corrected chi connectivity index (χ1v) is 4.59. The molecule has 0 radical (unpaired) electrons. The van der Waals surface area contributed by atoms with Crippen molar-refractivity contribution in [3.8, 4) is 0 Å². The summed E-state index contributed by atoms with van der Waals surface area (Å²) in [6.07, 6.45) is 1.66. The minimum absolute atomic E-state index is 0.224. The van der Waals surface area contributed by atoms with E-state index in [1.807, 2.05) is 12.1 Å². The molecule has 4 N–H and O–H groups in total. The van der Waals surface area contributed by atoms with Crippen molar-refractivity contribution in [3.05, 3.63) is 42.4 Å². The van der Waals surface area contributed by atoms with Gasteiger partial charge in [-0.3, -0.25) is 4.98 Å². The highest BCUT2D eigenvalue weighted by Crippen LogP contribution is 2.27. The summed E-state index contributed by atoms with van der Waals surface area (Å²) in [7, 11) is 0. The van der Waals surface area contributed by atoms with Gasteiger partial charge in [0.2, 0.25) is 0 Å². The lowest BCUT2D eigenvalue weighted by molar-refractivity contribution is 0.244. The number of nitrogens with two attached hydrogens (primary N) is 1. The first kappa shape index (κ1) is 9.67. The molecule has 0 bridgehead atoms. The Balaban J connectivity index is 2.47. The molecule has 0 aliphatic carbocycles. The van der Waals surface area contributed by atoms with Crippen LogP contribution < -0.4 is 16.4 Å². The van der Waals surface area contributed by atoms with Crippen LogP contribution in [0.4, 0.5) is 4.79 Å². The van der Waals surface area contributed by atoms with Crippen LogP contribution in [0.2, 0.25) is 0 Å². The van der Waals surface area contributed by atoms with Gasteiger partial charge in [0.1, 0.15) is 5.54 Å². The number of hydrogen-bond acceptors (Lipinski definition) is 3. The van der Waals surface area contributed by atoms with Crippen LogP contribution in [0, 0.1) is 0 Å². The standard InChI is InChI=1S/C10H12N4O/c1-7-10(6-11,14-9(15)13-7)8-4-2-3-5-12-8/h2-5H,1,6,11H2,(H2,13,14,15). The molecule has 1 saturated heterocycles. The predicted molar refractivity (Wildman–Crippen MR) is 55.8 cm³/mol. The van der Waals surface area contributed by atoms with Crippen LogP contribution in [0.3, 0.4) is 0 Å². The van der Waals surface area contributed by atoms with Crippen LogP contribution in [0.25, 0.3) is 0 Å². The second-order valence-electron chi connectivity index (χ2n) is 3.38. The summed E-state index contributed by atoms with van der Waals surface area (Å²) in [5.41, 5.74) is 6.14. The highest BCUT2D eigenvalue weighted by molar-refractivity contribution is 5.82. The predicted octanol–water partition coefficient (Wildman–Crippen LogP) is 0.0621. The van der Waals surface area contributed by atoms with Crippen molar-refractivity contribution in [2.45, 2.75) is 5.54 Å². The van der Waals surface area contributed by atoms with E-state index in [1.165, 1.54) is 0 Å². The van der Waals surface area contributed by atoms with Gasteiger partial charge in [-0.05, 0) is 12.1 Å². The van der Waals surface area contributed by atoms with E-state index in [0.29, 0.717) is 11.4 Å². The molecule has 1 aromatic rings. The van der Waals surface area contributed by atoms with E-state index in [9.17, 15) is 4.79 Å². The van der Waals surface area contributed by atoms with Gasteiger partial charge in [-0.2, -0.15) is 0 Å². The number of rotatable bonds is 2. The second kappa shape index (κ2) is 3.36. The van der Waals surface area contributed by atoms with E-state index in [-0.39, 0.29) is 12.6 Å². The van der Waals surface area contributed by atoms with Crippen LogP contribution in [-0.4, -0.2) is 17.6 Å². The van der Waals surface area contributed by atoms with E-state index in [1.54, 1.807) is 12.3 Å². The summed E-state index contributed by atoms with van der Waals surface area (Å²) >= 11 is 0. The zero-order valence-electron chi connectivity index (χ0n) is 8.16. The molecular weight excluding hydrogens is 192 g/mol. The molecular formula is C10H12N4O. The van der Waals surface area contributed by atoms with Crippen LogP contribution in [0.1, 0.15) is 5.69 Å². The first-order valence-electron chi connectivity index (χ1n) is 4.59. The Morgan fingerprint density at radius 2 is 2.33 bits per heavy atom. The SMILES string of the molecule is C=C1NC(=O)NC1(CN)c1ccccn1. The Morgan fingerprint density at radius 1 is 1.53 bits per heavy atom. The summed E-state index contributed by atoms with van der Waals surface area (Å²) in [6, 6.07) is 5.17. The fraction of sp³-hybridized carbons (Fsp3) is 0.200. The smallest absolute Gasteiger partial charge is 0.320 e. The Morgan fingerprint density at radius 3 is 2.80 bits per heavy atom. The summed E-state index contributed by atoms with van der Waals surface area (Å²) in [5.74, 6) is 0. The number of nitrogens with zero attached hydrogens (tertiary/aromatic N) is 1. The van der Waals surface area contributed by atoms with Crippen LogP contribution in [0.5, 0.6) is 0 Å². The highest BCUT2D eigenvalue weighted by atomic mass is 16.2. The lowest BCUT2D eigenvalue weighted by atomic mass is 9.93. The topological polar surface area (TPSA) is 80.0 Å². The Labute approximate surface area is 87.4 Å². The summed E-state index contributed by atoms with van der Waals surface area (Å²) in [6.45, 7) is 4.01. The molecule has 15 heavy (non-hydrogen) atoms. The van der Waals surface area contributed by atoms with Crippen molar-refractivity contribution in [1.29, 1.82) is 0 Å². The first-order chi connectivity index (χ1) is 7.19. The molecule has 5 heteroatoms. The highest BCUT2D eigenvalue weighted by Gasteiger charge is 2.42. The molecule has 0 aromatic carbocycles. The largest absolute Gasteiger partial charge is 0.328 e. The maximum absolute atomic E-state index is 11.2. The molecule has 1 unspecified atom stereocenters. The third-order valence-corrected chi connectivity index (χ3v) is 2.51. The van der Waals surface area contributed by atoms with Gasteiger partial charge >= 0.3 is 6.03 Å². The Hall–Kier alpha value is -1.88. The molecule has 1 aliphatic heterocycles. The normalized spacial score (nSPS) is 24.9. The minimum atomic E-state index is -0.779. The van der Waals surface area contributed by atoms with E-state index >= 15 is 0 Å². The van der Waals surface area contributed by atoms with Gasteiger partial charge in [-0.15, -0.1) is 0 Å². The van der Waals surface area contributed by atoms with Crippen LogP contribution >= 0.6 is 0 Å². The number of nitrogens with one attached hydrogen (secondary N) is 2. The second-order valence-corrected chi connectivity index (χ2v) is 3.38. The van der Waals surface area contributed by atoms with Gasteiger partial charge in [-0.1, -0.05) is 12.6 Å². The molecule has 2 rings (SSSR count). The number of urea groups is 1. The molecule has 1 aliphatic rings. The van der Waals surface area contributed by atoms with Gasteiger partial charge in [0.25, 0.3) is 0 Å². The Kier molecular flexibility index (Phi) is 2.17.